The van der Waals surface area contributed by atoms with Gasteiger partial charge in [-0.2, -0.15) is 0 Å². The Labute approximate surface area is 153 Å². The number of benzene rings is 2. The maximum absolute atomic E-state index is 12.8. The summed E-state index contributed by atoms with van der Waals surface area (Å²) in [5.74, 6) is 0.356. The van der Waals surface area contributed by atoms with Gasteiger partial charge >= 0.3 is 0 Å². The summed E-state index contributed by atoms with van der Waals surface area (Å²) in [5, 5.41) is 3.21. The molecule has 26 heavy (non-hydrogen) atoms. The molecule has 0 saturated heterocycles. The first-order valence-electron chi connectivity index (χ1n) is 8.62. The van der Waals surface area contributed by atoms with E-state index in [0.717, 1.165) is 16.9 Å². The minimum absolute atomic E-state index is 0.114. The fraction of sp³-hybridized carbons (Fsp3) is 0.190. The van der Waals surface area contributed by atoms with Gasteiger partial charge in [0.25, 0.3) is 5.91 Å². The van der Waals surface area contributed by atoms with Crippen LogP contribution in [0.25, 0.3) is 0 Å². The molecule has 0 aliphatic heterocycles. The van der Waals surface area contributed by atoms with Gasteiger partial charge in [0.1, 0.15) is 0 Å². The molecule has 0 saturated carbocycles. The van der Waals surface area contributed by atoms with Crippen molar-refractivity contribution in [2.75, 3.05) is 16.8 Å². The molecule has 1 aromatic heterocycles. The van der Waals surface area contributed by atoms with E-state index < -0.39 is 0 Å². The van der Waals surface area contributed by atoms with Crippen LogP contribution in [-0.4, -0.2) is 22.4 Å². The number of carbonyl (C=O) groups is 1. The van der Waals surface area contributed by atoms with Crippen LogP contribution in [0.3, 0.4) is 0 Å². The second-order valence-electron chi connectivity index (χ2n) is 6.05. The van der Waals surface area contributed by atoms with Crippen LogP contribution in [0.1, 0.15) is 28.4 Å². The summed E-state index contributed by atoms with van der Waals surface area (Å²) < 4.78 is 0. The maximum Gasteiger partial charge on any atom is 0.261 e. The Morgan fingerprint density at radius 3 is 2.35 bits per heavy atom. The molecule has 0 spiro atoms. The Balaban J connectivity index is 1.78. The lowest BCUT2D eigenvalue weighted by atomic mass is 10.1. The number of carbonyl (C=O) groups excluding carboxylic acids is 1. The summed E-state index contributed by atoms with van der Waals surface area (Å²) in [6.45, 7) is 6.63. The Morgan fingerprint density at radius 2 is 1.69 bits per heavy atom. The van der Waals surface area contributed by atoms with E-state index in [1.165, 1.54) is 5.56 Å². The number of nitrogens with one attached hydrogen (secondary N) is 1. The van der Waals surface area contributed by atoms with Crippen LogP contribution in [0.2, 0.25) is 0 Å². The zero-order chi connectivity index (χ0) is 18.5. The summed E-state index contributed by atoms with van der Waals surface area (Å²) in [7, 11) is 0. The lowest BCUT2D eigenvalue weighted by Crippen LogP contribution is -2.30. The van der Waals surface area contributed by atoms with E-state index in [-0.39, 0.29) is 5.91 Å². The monoisotopic (exact) mass is 346 g/mol. The van der Waals surface area contributed by atoms with E-state index in [4.69, 9.17) is 0 Å². The first-order valence-corrected chi connectivity index (χ1v) is 8.62. The molecular weight excluding hydrogens is 324 g/mol. The lowest BCUT2D eigenvalue weighted by molar-refractivity contribution is 0.0987. The second-order valence-corrected chi connectivity index (χ2v) is 6.05. The van der Waals surface area contributed by atoms with Gasteiger partial charge in [-0.05, 0) is 50.1 Å². The smallest absolute Gasteiger partial charge is 0.261 e. The van der Waals surface area contributed by atoms with Gasteiger partial charge in [-0.3, -0.25) is 4.79 Å². The molecule has 5 nitrogen and oxygen atoms in total. The summed E-state index contributed by atoms with van der Waals surface area (Å²) in [5.41, 5.74) is 4.63. The van der Waals surface area contributed by atoms with Crippen molar-refractivity contribution >= 4 is 23.2 Å². The molecule has 0 atom stereocenters. The van der Waals surface area contributed by atoms with Crippen molar-refractivity contribution in [2.24, 2.45) is 0 Å². The molecule has 0 fully saturated rings. The fourth-order valence-corrected chi connectivity index (χ4v) is 2.72. The van der Waals surface area contributed by atoms with E-state index in [1.807, 2.05) is 49.4 Å². The molecule has 3 aromatic rings. The summed E-state index contributed by atoms with van der Waals surface area (Å²) >= 11 is 0. The quantitative estimate of drug-likeness (QED) is 0.739. The van der Waals surface area contributed by atoms with Crippen molar-refractivity contribution in [1.82, 2.24) is 9.97 Å². The number of aryl methyl sites for hydroxylation is 1. The highest BCUT2D eigenvalue weighted by Gasteiger charge is 2.16. The molecule has 0 radical (unpaired) electrons. The standard InChI is InChI=1S/C21H22N4O/c1-4-25(18-10-6-5-7-11-18)20(26)17-13-22-21(23-14-17)24-19-12-8-9-15(2)16(19)3/h5-14H,4H2,1-3H3,(H,22,23,24). The molecule has 0 aliphatic carbocycles. The number of para-hydroxylation sites is 1. The Bertz CT molecular complexity index is 892. The van der Waals surface area contributed by atoms with E-state index in [2.05, 4.69) is 35.2 Å². The zero-order valence-corrected chi connectivity index (χ0v) is 15.2. The molecule has 3 rings (SSSR count). The topological polar surface area (TPSA) is 58.1 Å². The van der Waals surface area contributed by atoms with Gasteiger partial charge < -0.3 is 10.2 Å². The minimum atomic E-state index is -0.114. The van der Waals surface area contributed by atoms with Crippen molar-refractivity contribution in [1.29, 1.82) is 0 Å². The molecule has 132 valence electrons. The van der Waals surface area contributed by atoms with Gasteiger partial charge in [0.2, 0.25) is 5.95 Å². The highest BCUT2D eigenvalue weighted by atomic mass is 16.2. The summed E-state index contributed by atoms with van der Waals surface area (Å²) in [6, 6.07) is 15.6. The molecule has 0 aliphatic rings. The van der Waals surface area contributed by atoms with E-state index >= 15 is 0 Å². The molecule has 1 N–H and O–H groups in total. The number of aromatic nitrogens is 2. The normalized spacial score (nSPS) is 10.4. The predicted octanol–water partition coefficient (Wildman–Crippen LogP) is 4.50. The Kier molecular flexibility index (Phi) is 5.27. The number of hydrogen-bond donors (Lipinski definition) is 1. The van der Waals surface area contributed by atoms with Crippen LogP contribution in [0.4, 0.5) is 17.3 Å². The average molecular weight is 346 g/mol. The third kappa shape index (κ3) is 3.72. The summed E-state index contributed by atoms with van der Waals surface area (Å²) in [4.78, 5) is 23.1. The van der Waals surface area contributed by atoms with Crippen LogP contribution in [0.5, 0.6) is 0 Å². The van der Waals surface area contributed by atoms with E-state index in [1.54, 1.807) is 17.3 Å². The van der Waals surface area contributed by atoms with Crippen molar-refractivity contribution in [3.63, 3.8) is 0 Å². The number of hydrogen-bond acceptors (Lipinski definition) is 4. The molecule has 0 unspecified atom stereocenters. The average Bonchev–Trinajstić information content (AvgIpc) is 2.67. The minimum Gasteiger partial charge on any atom is -0.324 e. The van der Waals surface area contributed by atoms with Gasteiger partial charge in [0, 0.05) is 30.3 Å². The van der Waals surface area contributed by atoms with E-state index in [9.17, 15) is 4.79 Å². The molecule has 0 bridgehead atoms. The first kappa shape index (κ1) is 17.6. The number of rotatable bonds is 5. The van der Waals surface area contributed by atoms with Crippen LogP contribution >= 0.6 is 0 Å². The van der Waals surface area contributed by atoms with Crippen molar-refractivity contribution in [3.8, 4) is 0 Å². The largest absolute Gasteiger partial charge is 0.324 e. The highest BCUT2D eigenvalue weighted by Crippen LogP contribution is 2.21. The number of anilines is 3. The van der Waals surface area contributed by atoms with Gasteiger partial charge in [0.15, 0.2) is 0 Å². The van der Waals surface area contributed by atoms with Crippen molar-refractivity contribution < 1.29 is 4.79 Å². The third-order valence-corrected chi connectivity index (χ3v) is 4.38. The lowest BCUT2D eigenvalue weighted by Gasteiger charge is -2.20. The zero-order valence-electron chi connectivity index (χ0n) is 15.2. The van der Waals surface area contributed by atoms with Gasteiger partial charge in [-0.1, -0.05) is 30.3 Å². The van der Waals surface area contributed by atoms with Crippen LogP contribution in [0.15, 0.2) is 60.9 Å². The number of nitrogens with zero attached hydrogens (tertiary/aromatic N) is 3. The van der Waals surface area contributed by atoms with Crippen LogP contribution < -0.4 is 10.2 Å². The summed E-state index contributed by atoms with van der Waals surface area (Å²) in [6.07, 6.45) is 3.13. The van der Waals surface area contributed by atoms with Gasteiger partial charge in [-0.25, -0.2) is 9.97 Å². The van der Waals surface area contributed by atoms with Gasteiger partial charge in [0.05, 0.1) is 5.56 Å². The molecule has 1 heterocycles. The predicted molar refractivity (Wildman–Crippen MR) is 105 cm³/mol. The third-order valence-electron chi connectivity index (χ3n) is 4.38. The molecule has 1 amide bonds. The second kappa shape index (κ2) is 7.78. The van der Waals surface area contributed by atoms with Crippen LogP contribution in [-0.2, 0) is 0 Å². The van der Waals surface area contributed by atoms with Crippen molar-refractivity contribution in [2.45, 2.75) is 20.8 Å². The Morgan fingerprint density at radius 1 is 1.00 bits per heavy atom. The molecule has 2 aromatic carbocycles. The van der Waals surface area contributed by atoms with Crippen molar-refractivity contribution in [3.05, 3.63) is 77.6 Å². The first-order chi connectivity index (χ1) is 12.6. The Hall–Kier alpha value is -3.21. The van der Waals surface area contributed by atoms with E-state index in [0.29, 0.717) is 18.1 Å². The highest BCUT2D eigenvalue weighted by molar-refractivity contribution is 6.05. The van der Waals surface area contributed by atoms with Gasteiger partial charge in [-0.15, -0.1) is 0 Å². The molecular formula is C21H22N4O. The maximum atomic E-state index is 12.8. The SMILES string of the molecule is CCN(C(=O)c1cnc(Nc2cccc(C)c2C)nc1)c1ccccc1. The fourth-order valence-electron chi connectivity index (χ4n) is 2.72. The van der Waals surface area contributed by atoms with Crippen LogP contribution in [0, 0.1) is 13.8 Å². The number of amides is 1. The molecule has 5 heteroatoms.